The lowest BCUT2D eigenvalue weighted by Gasteiger charge is -2.39. The Bertz CT molecular complexity index is 1100. The molecule has 1 amide bonds. The van der Waals surface area contributed by atoms with Crippen molar-refractivity contribution in [1.82, 2.24) is 24.8 Å². The van der Waals surface area contributed by atoms with Crippen molar-refractivity contribution < 1.29 is 13.6 Å². The first kappa shape index (κ1) is 19.1. The third-order valence-electron chi connectivity index (χ3n) is 5.74. The molecule has 1 aliphatic carbocycles. The maximum absolute atomic E-state index is 14.8. The predicted molar refractivity (Wildman–Crippen MR) is 108 cm³/mol. The quantitative estimate of drug-likeness (QED) is 0.651. The summed E-state index contributed by atoms with van der Waals surface area (Å²) < 4.78 is 31.1. The van der Waals surface area contributed by atoms with Crippen LogP contribution in [0.15, 0.2) is 30.5 Å². The fraction of sp³-hybridized carbons (Fsp3) is 0.381. The van der Waals surface area contributed by atoms with Gasteiger partial charge in [-0.1, -0.05) is 0 Å². The van der Waals surface area contributed by atoms with Crippen LogP contribution in [0.2, 0.25) is 0 Å². The SMILES string of the molecule is CNC1CN(Cc2c(F)cc(-c3cccn4nc(NC(=O)C5CC5)nc34)cc2F)C1. The van der Waals surface area contributed by atoms with Crippen LogP contribution in [-0.2, 0) is 11.3 Å². The van der Waals surface area contributed by atoms with Gasteiger partial charge in [-0.05, 0) is 49.7 Å². The second-order valence-corrected chi connectivity index (χ2v) is 7.99. The highest BCUT2D eigenvalue weighted by Crippen LogP contribution is 2.31. The molecule has 5 rings (SSSR count). The summed E-state index contributed by atoms with van der Waals surface area (Å²) in [6.45, 7) is 1.78. The Morgan fingerprint density at radius 1 is 1.23 bits per heavy atom. The first-order chi connectivity index (χ1) is 14.5. The predicted octanol–water partition coefficient (Wildman–Crippen LogP) is 2.43. The molecule has 1 saturated carbocycles. The molecule has 3 aromatic rings. The third kappa shape index (κ3) is 3.54. The van der Waals surface area contributed by atoms with E-state index in [2.05, 4.69) is 20.7 Å². The third-order valence-corrected chi connectivity index (χ3v) is 5.74. The molecule has 0 spiro atoms. The average molecular weight is 412 g/mol. The van der Waals surface area contributed by atoms with Gasteiger partial charge in [0.25, 0.3) is 0 Å². The van der Waals surface area contributed by atoms with E-state index < -0.39 is 11.6 Å². The van der Waals surface area contributed by atoms with Crippen LogP contribution in [0.4, 0.5) is 14.7 Å². The monoisotopic (exact) mass is 412 g/mol. The van der Waals surface area contributed by atoms with Crippen molar-refractivity contribution in [3.05, 3.63) is 47.7 Å². The number of benzene rings is 1. The molecule has 2 N–H and O–H groups in total. The number of nitrogens with one attached hydrogen (secondary N) is 2. The zero-order chi connectivity index (χ0) is 20.8. The molecule has 30 heavy (non-hydrogen) atoms. The second kappa shape index (κ2) is 7.41. The molecule has 2 aliphatic rings. The fourth-order valence-electron chi connectivity index (χ4n) is 3.76. The number of carbonyl (C=O) groups excluding carboxylic acids is 1. The maximum Gasteiger partial charge on any atom is 0.249 e. The zero-order valence-corrected chi connectivity index (χ0v) is 16.5. The molecule has 0 radical (unpaired) electrons. The number of halogens is 2. The van der Waals surface area contributed by atoms with Crippen LogP contribution in [0.25, 0.3) is 16.8 Å². The van der Waals surface area contributed by atoms with E-state index in [9.17, 15) is 13.6 Å². The largest absolute Gasteiger partial charge is 0.315 e. The summed E-state index contributed by atoms with van der Waals surface area (Å²) in [6.07, 6.45) is 3.44. The van der Waals surface area contributed by atoms with E-state index in [4.69, 9.17) is 0 Å². The summed E-state index contributed by atoms with van der Waals surface area (Å²) in [4.78, 5) is 18.3. The van der Waals surface area contributed by atoms with Crippen molar-refractivity contribution in [3.8, 4) is 11.1 Å². The number of nitrogens with zero attached hydrogens (tertiary/aromatic N) is 4. The number of rotatable bonds is 6. The Morgan fingerprint density at radius 2 is 1.97 bits per heavy atom. The zero-order valence-electron chi connectivity index (χ0n) is 16.5. The molecule has 0 unspecified atom stereocenters. The molecular weight excluding hydrogens is 390 g/mol. The highest BCUT2D eigenvalue weighted by atomic mass is 19.1. The minimum atomic E-state index is -0.582. The summed E-state index contributed by atoms with van der Waals surface area (Å²) in [5, 5.41) is 10.1. The van der Waals surface area contributed by atoms with E-state index in [1.54, 1.807) is 18.3 Å². The number of hydrogen-bond donors (Lipinski definition) is 2. The second-order valence-electron chi connectivity index (χ2n) is 7.99. The van der Waals surface area contributed by atoms with Crippen molar-refractivity contribution in [2.24, 2.45) is 5.92 Å². The van der Waals surface area contributed by atoms with Gasteiger partial charge in [0.2, 0.25) is 11.9 Å². The molecule has 0 bridgehead atoms. The maximum atomic E-state index is 14.8. The van der Waals surface area contributed by atoms with Crippen LogP contribution in [0.5, 0.6) is 0 Å². The highest BCUT2D eigenvalue weighted by molar-refractivity contribution is 5.93. The van der Waals surface area contributed by atoms with Gasteiger partial charge in [-0.15, -0.1) is 5.10 Å². The smallest absolute Gasteiger partial charge is 0.249 e. The van der Waals surface area contributed by atoms with E-state index in [1.165, 1.54) is 16.6 Å². The molecule has 2 aromatic heterocycles. The highest BCUT2D eigenvalue weighted by Gasteiger charge is 2.30. The van der Waals surface area contributed by atoms with Gasteiger partial charge in [0.05, 0.1) is 0 Å². The molecule has 1 aliphatic heterocycles. The lowest BCUT2D eigenvalue weighted by Crippen LogP contribution is -2.56. The summed E-state index contributed by atoms with van der Waals surface area (Å²) in [7, 11) is 1.88. The van der Waals surface area contributed by atoms with Gasteiger partial charge >= 0.3 is 0 Å². The minimum Gasteiger partial charge on any atom is -0.315 e. The Morgan fingerprint density at radius 3 is 2.63 bits per heavy atom. The number of hydrogen-bond acceptors (Lipinski definition) is 5. The lowest BCUT2D eigenvalue weighted by atomic mass is 10.0. The summed E-state index contributed by atoms with van der Waals surface area (Å²) in [5.74, 6) is -1.04. The normalized spacial score (nSPS) is 17.3. The molecule has 0 atom stereocenters. The topological polar surface area (TPSA) is 74.6 Å². The Hall–Kier alpha value is -2.91. The van der Waals surface area contributed by atoms with E-state index in [-0.39, 0.29) is 29.9 Å². The molecule has 156 valence electrons. The molecule has 1 aromatic carbocycles. The Labute approximate surface area is 172 Å². The van der Waals surface area contributed by atoms with E-state index in [1.807, 2.05) is 11.9 Å². The number of likely N-dealkylation sites (tertiary alicyclic amines) is 1. The van der Waals surface area contributed by atoms with Gasteiger partial charge in [-0.2, -0.15) is 4.98 Å². The first-order valence-corrected chi connectivity index (χ1v) is 10.1. The van der Waals surface area contributed by atoms with Crippen molar-refractivity contribution in [2.75, 3.05) is 25.5 Å². The molecule has 2 fully saturated rings. The van der Waals surface area contributed by atoms with Crippen molar-refractivity contribution in [2.45, 2.75) is 25.4 Å². The Balaban J connectivity index is 1.43. The standard InChI is InChI=1S/C21H22F2N6O/c1-24-14-9-28(10-14)11-16-17(22)7-13(8-18(16)23)15-3-2-6-29-19(15)25-21(27-29)26-20(30)12-4-5-12/h2-3,6-8,12,14,24H,4-5,9-11H2,1H3,(H,26,27,30). The van der Waals surface area contributed by atoms with Gasteiger partial charge < -0.3 is 5.32 Å². The van der Waals surface area contributed by atoms with Crippen LogP contribution in [0.1, 0.15) is 18.4 Å². The van der Waals surface area contributed by atoms with E-state index >= 15 is 0 Å². The van der Waals surface area contributed by atoms with Gasteiger partial charge in [0, 0.05) is 48.9 Å². The number of anilines is 1. The van der Waals surface area contributed by atoms with Crippen LogP contribution >= 0.6 is 0 Å². The molecule has 3 heterocycles. The van der Waals surface area contributed by atoms with Gasteiger partial charge in [-0.3, -0.25) is 15.0 Å². The first-order valence-electron chi connectivity index (χ1n) is 10.1. The molecule has 7 nitrogen and oxygen atoms in total. The van der Waals surface area contributed by atoms with Gasteiger partial charge in [-0.25, -0.2) is 13.3 Å². The van der Waals surface area contributed by atoms with Gasteiger partial charge in [0.15, 0.2) is 5.65 Å². The summed E-state index contributed by atoms with van der Waals surface area (Å²) in [5.41, 5.74) is 1.41. The van der Waals surface area contributed by atoms with Crippen molar-refractivity contribution in [1.29, 1.82) is 0 Å². The van der Waals surface area contributed by atoms with Crippen LogP contribution < -0.4 is 10.6 Å². The van der Waals surface area contributed by atoms with Crippen LogP contribution in [-0.4, -0.2) is 51.6 Å². The number of pyridine rings is 1. The number of aromatic nitrogens is 3. The summed E-state index contributed by atoms with van der Waals surface area (Å²) >= 11 is 0. The van der Waals surface area contributed by atoms with Crippen molar-refractivity contribution >= 4 is 17.5 Å². The number of fused-ring (bicyclic) bond motifs is 1. The van der Waals surface area contributed by atoms with E-state index in [0.717, 1.165) is 25.9 Å². The van der Waals surface area contributed by atoms with Crippen LogP contribution in [0, 0.1) is 17.6 Å². The summed E-state index contributed by atoms with van der Waals surface area (Å²) in [6, 6.07) is 6.50. The average Bonchev–Trinajstić information content (AvgIpc) is 3.45. The molecule has 1 saturated heterocycles. The number of carbonyl (C=O) groups is 1. The fourth-order valence-corrected chi connectivity index (χ4v) is 3.76. The lowest BCUT2D eigenvalue weighted by molar-refractivity contribution is -0.117. The molecule has 9 heteroatoms. The number of likely N-dealkylation sites (N-methyl/N-ethyl adjacent to an activating group) is 1. The Kier molecular flexibility index (Phi) is 4.71. The van der Waals surface area contributed by atoms with Crippen molar-refractivity contribution in [3.63, 3.8) is 0 Å². The minimum absolute atomic E-state index is 0.0293. The van der Waals surface area contributed by atoms with Crippen LogP contribution in [0.3, 0.4) is 0 Å². The number of amides is 1. The molecular formula is C21H22F2N6O. The van der Waals surface area contributed by atoms with Gasteiger partial charge in [0.1, 0.15) is 11.6 Å². The van der Waals surface area contributed by atoms with E-state index in [0.29, 0.717) is 22.8 Å².